The Morgan fingerprint density at radius 3 is 1.72 bits per heavy atom. The van der Waals surface area contributed by atoms with E-state index < -0.39 is 24.4 Å². The summed E-state index contributed by atoms with van der Waals surface area (Å²) < 4.78 is 25.1. The highest BCUT2D eigenvalue weighted by Gasteiger charge is 2.55. The van der Waals surface area contributed by atoms with Gasteiger partial charge in [0, 0.05) is 0 Å². The lowest BCUT2D eigenvalue weighted by molar-refractivity contribution is -0.193. The van der Waals surface area contributed by atoms with Crippen molar-refractivity contribution in [3.63, 3.8) is 0 Å². The monoisotopic (exact) mass is 485 g/mol. The molecule has 1 amide bonds. The van der Waals surface area contributed by atoms with Crippen LogP contribution in [0.25, 0.3) is 0 Å². The van der Waals surface area contributed by atoms with Gasteiger partial charge in [-0.05, 0) is 22.8 Å². The number of amides is 1. The normalized spacial score (nSPS) is 25.3. The highest BCUT2D eigenvalue weighted by Crippen LogP contribution is 2.35. The molecule has 1 unspecified atom stereocenters. The largest absolute Gasteiger partial charge is 0.440 e. The third kappa shape index (κ3) is 5.51. The second-order valence-electron chi connectivity index (χ2n) is 9.08. The van der Waals surface area contributed by atoms with Crippen molar-refractivity contribution in [3.05, 3.63) is 120 Å². The molecule has 6 heteroatoms. The van der Waals surface area contributed by atoms with Gasteiger partial charge >= 0.3 is 6.09 Å². The molecule has 2 fully saturated rings. The predicted molar refractivity (Wildman–Crippen MR) is 136 cm³/mol. The van der Waals surface area contributed by atoms with Crippen molar-refractivity contribution in [2.24, 2.45) is 0 Å². The van der Waals surface area contributed by atoms with E-state index in [1.54, 1.807) is 11.0 Å². The molecular weight excluding hydrogens is 454 g/mol. The van der Waals surface area contributed by atoms with Crippen LogP contribution in [0, 0.1) is 0 Å². The fourth-order valence-corrected chi connectivity index (χ4v) is 4.86. The Balaban J connectivity index is 1.42. The third-order valence-electron chi connectivity index (χ3n) is 6.68. The van der Waals surface area contributed by atoms with E-state index in [9.17, 15) is 4.79 Å². The van der Waals surface area contributed by atoms with E-state index in [2.05, 4.69) is 6.58 Å². The van der Waals surface area contributed by atoms with Crippen LogP contribution in [-0.4, -0.2) is 48.0 Å². The highest BCUT2D eigenvalue weighted by molar-refractivity contribution is 5.71. The second kappa shape index (κ2) is 11.5. The molecule has 0 radical (unpaired) electrons. The first-order valence-corrected chi connectivity index (χ1v) is 12.3. The van der Waals surface area contributed by atoms with Gasteiger partial charge in [0.25, 0.3) is 0 Å². The Bertz CT molecular complexity index is 1120. The van der Waals surface area contributed by atoms with Crippen molar-refractivity contribution in [2.75, 3.05) is 6.54 Å². The van der Waals surface area contributed by atoms with Crippen molar-refractivity contribution in [3.8, 4) is 0 Å². The Hall–Kier alpha value is -3.45. The van der Waals surface area contributed by atoms with E-state index in [-0.39, 0.29) is 12.1 Å². The Kier molecular flexibility index (Phi) is 7.76. The zero-order valence-electron chi connectivity index (χ0n) is 20.1. The number of fused-ring (bicyclic) bond motifs is 1. The number of cyclic esters (lactones) is 1. The molecular formula is C30H31NO5. The molecule has 2 heterocycles. The SMILES string of the molecule is C=C[C@H]1OC(=O)N2C[C@@H](OCc3ccccc3)[C@H](OCc3ccccc3)[C@@H](OCc3ccccc3)C12. The number of carbonyl (C=O) groups excluding carboxylic acids is 1. The van der Waals surface area contributed by atoms with Crippen molar-refractivity contribution < 1.29 is 23.7 Å². The maximum atomic E-state index is 12.8. The summed E-state index contributed by atoms with van der Waals surface area (Å²) in [5.74, 6) is 0. The topological polar surface area (TPSA) is 57.2 Å². The van der Waals surface area contributed by atoms with Crippen LogP contribution in [-0.2, 0) is 38.8 Å². The first-order chi connectivity index (χ1) is 17.7. The standard InChI is InChI=1S/C30H31NO5/c1-2-25-27-29(35-21-24-16-10-5-11-17-24)28(34-20-23-14-8-4-9-15-23)26(18-31(27)30(32)36-25)33-19-22-12-6-3-7-13-22/h2-17,25-29H,1,18-21H2/t25-,26-,27?,28+,29+/m1/s1. The fraction of sp³-hybridized carbons (Fsp3) is 0.300. The quantitative estimate of drug-likeness (QED) is 0.373. The van der Waals surface area contributed by atoms with Crippen LogP contribution < -0.4 is 0 Å². The molecule has 0 spiro atoms. The van der Waals surface area contributed by atoms with Crippen molar-refractivity contribution in [1.29, 1.82) is 0 Å². The van der Waals surface area contributed by atoms with Gasteiger partial charge in [0.05, 0.1) is 26.4 Å². The maximum absolute atomic E-state index is 12.8. The summed E-state index contributed by atoms with van der Waals surface area (Å²) >= 11 is 0. The highest BCUT2D eigenvalue weighted by atomic mass is 16.6. The van der Waals surface area contributed by atoms with Crippen molar-refractivity contribution in [2.45, 2.75) is 50.3 Å². The molecule has 36 heavy (non-hydrogen) atoms. The smallest absolute Gasteiger partial charge is 0.411 e. The van der Waals surface area contributed by atoms with Crippen molar-refractivity contribution >= 4 is 6.09 Å². The number of ether oxygens (including phenoxy) is 4. The molecule has 2 saturated heterocycles. The molecule has 2 aliphatic rings. The van der Waals surface area contributed by atoms with Crippen LogP contribution in [0.2, 0.25) is 0 Å². The lowest BCUT2D eigenvalue weighted by Gasteiger charge is -2.45. The van der Waals surface area contributed by atoms with Crippen LogP contribution in [0.15, 0.2) is 104 Å². The summed E-state index contributed by atoms with van der Waals surface area (Å²) in [6.07, 6.45) is -0.499. The van der Waals surface area contributed by atoms with E-state index in [0.29, 0.717) is 26.4 Å². The van der Waals surface area contributed by atoms with Gasteiger partial charge in [0.1, 0.15) is 30.5 Å². The van der Waals surface area contributed by atoms with Crippen LogP contribution >= 0.6 is 0 Å². The minimum absolute atomic E-state index is 0.351. The molecule has 0 aromatic heterocycles. The molecule has 0 aliphatic carbocycles. The molecule has 0 N–H and O–H groups in total. The first kappa shape index (κ1) is 24.3. The van der Waals surface area contributed by atoms with Gasteiger partial charge in [0.2, 0.25) is 0 Å². The van der Waals surface area contributed by atoms with Crippen molar-refractivity contribution in [1.82, 2.24) is 4.90 Å². The first-order valence-electron chi connectivity index (χ1n) is 12.3. The third-order valence-corrected chi connectivity index (χ3v) is 6.68. The van der Waals surface area contributed by atoms with Gasteiger partial charge in [-0.2, -0.15) is 0 Å². The van der Waals surface area contributed by atoms with E-state index in [1.807, 2.05) is 91.0 Å². The Labute approximate surface area is 212 Å². The van der Waals surface area contributed by atoms with Gasteiger partial charge in [-0.1, -0.05) is 97.6 Å². The number of nitrogens with zero attached hydrogens (tertiary/aromatic N) is 1. The van der Waals surface area contributed by atoms with Crippen LogP contribution in [0.5, 0.6) is 0 Å². The number of piperidine rings is 1. The van der Waals surface area contributed by atoms with E-state index in [4.69, 9.17) is 18.9 Å². The Morgan fingerprint density at radius 2 is 1.22 bits per heavy atom. The zero-order valence-corrected chi connectivity index (χ0v) is 20.1. The number of carbonyl (C=O) groups is 1. The molecule has 3 aromatic carbocycles. The number of benzene rings is 3. The summed E-state index contributed by atoms with van der Waals surface area (Å²) in [7, 11) is 0. The van der Waals surface area contributed by atoms with Gasteiger partial charge in [-0.25, -0.2) is 4.79 Å². The van der Waals surface area contributed by atoms with Gasteiger partial charge in [-0.3, -0.25) is 4.90 Å². The summed E-state index contributed by atoms with van der Waals surface area (Å²) in [5, 5.41) is 0. The summed E-state index contributed by atoms with van der Waals surface area (Å²) in [6, 6.07) is 29.6. The van der Waals surface area contributed by atoms with E-state index >= 15 is 0 Å². The second-order valence-corrected chi connectivity index (χ2v) is 9.08. The summed E-state index contributed by atoms with van der Waals surface area (Å²) in [5.41, 5.74) is 3.15. The van der Waals surface area contributed by atoms with E-state index in [1.165, 1.54) is 0 Å². The summed E-state index contributed by atoms with van der Waals surface area (Å²) in [4.78, 5) is 14.5. The van der Waals surface area contributed by atoms with Crippen LogP contribution in [0.1, 0.15) is 16.7 Å². The molecule has 0 saturated carbocycles. The maximum Gasteiger partial charge on any atom is 0.411 e. The lowest BCUT2D eigenvalue weighted by atomic mass is 9.90. The molecule has 5 rings (SSSR count). The molecule has 186 valence electrons. The number of hydrogen-bond acceptors (Lipinski definition) is 5. The molecule has 3 aromatic rings. The van der Waals surface area contributed by atoms with Crippen LogP contribution in [0.3, 0.4) is 0 Å². The van der Waals surface area contributed by atoms with E-state index in [0.717, 1.165) is 16.7 Å². The summed E-state index contributed by atoms with van der Waals surface area (Å²) in [6.45, 7) is 5.44. The van der Waals surface area contributed by atoms with Gasteiger partial charge in [-0.15, -0.1) is 0 Å². The molecule has 2 aliphatic heterocycles. The molecule has 5 atom stereocenters. The minimum atomic E-state index is -0.490. The number of rotatable bonds is 10. The van der Waals surface area contributed by atoms with Crippen LogP contribution in [0.4, 0.5) is 4.79 Å². The fourth-order valence-electron chi connectivity index (χ4n) is 4.86. The van der Waals surface area contributed by atoms with Gasteiger partial charge < -0.3 is 18.9 Å². The van der Waals surface area contributed by atoms with Gasteiger partial charge in [0.15, 0.2) is 0 Å². The molecule has 6 nitrogen and oxygen atoms in total. The minimum Gasteiger partial charge on any atom is -0.440 e. The Morgan fingerprint density at radius 1 is 0.750 bits per heavy atom. The molecule has 0 bridgehead atoms. The average Bonchev–Trinajstić information content (AvgIpc) is 3.26. The lowest BCUT2D eigenvalue weighted by Crippen LogP contribution is -2.63. The zero-order chi connectivity index (χ0) is 24.7. The predicted octanol–water partition coefficient (Wildman–Crippen LogP) is 5.13. The average molecular weight is 486 g/mol. The number of hydrogen-bond donors (Lipinski definition) is 0.